The molecule has 0 saturated heterocycles. The van der Waals surface area contributed by atoms with Gasteiger partial charge in [0, 0.05) is 0 Å². The fourth-order valence-electron chi connectivity index (χ4n) is 6.33. The summed E-state index contributed by atoms with van der Waals surface area (Å²) in [6, 6.07) is 10.0. The molecule has 0 radical (unpaired) electrons. The van der Waals surface area contributed by atoms with Crippen LogP contribution in [0.1, 0.15) is 81.3 Å². The molecule has 0 N–H and O–H groups in total. The van der Waals surface area contributed by atoms with Gasteiger partial charge in [-0.25, -0.2) is 0 Å². The van der Waals surface area contributed by atoms with E-state index in [2.05, 4.69) is 102 Å². The summed E-state index contributed by atoms with van der Waals surface area (Å²) in [6.45, 7) is 14.4. The molecule has 0 heterocycles. The van der Waals surface area contributed by atoms with Crippen LogP contribution in [0, 0.1) is 0 Å². The van der Waals surface area contributed by atoms with Gasteiger partial charge in [0.15, 0.2) is 0 Å². The number of hydrogen-bond acceptors (Lipinski definition) is 0. The third-order valence-electron chi connectivity index (χ3n) is 8.10. The van der Waals surface area contributed by atoms with Crippen LogP contribution in [0.2, 0.25) is 0 Å². The Bertz CT molecular complexity index is 1370. The van der Waals surface area contributed by atoms with E-state index in [1.54, 1.807) is 15.3 Å². The van der Waals surface area contributed by atoms with Crippen LogP contribution in [-0.2, 0) is 38.5 Å². The SMILES string of the molecule is C[C](C)=[Zr+2]([C]1=CC=CC1)[C]1=Cc2cc3c(cc2C1(C)C)Cc1cc2c(cc1-3)C=CC2(C)C.[Cl-].[Cl-]. The molecule has 0 bridgehead atoms. The van der Waals surface area contributed by atoms with Gasteiger partial charge in [-0.3, -0.25) is 0 Å². The zero-order valence-electron chi connectivity index (χ0n) is 20.9. The second-order valence-corrected chi connectivity index (χ2v) is 18.5. The van der Waals surface area contributed by atoms with Gasteiger partial charge in [0.25, 0.3) is 0 Å². The fourth-order valence-corrected chi connectivity index (χ4v) is 14.1. The molecule has 2 aromatic carbocycles. The predicted octanol–water partition coefficient (Wildman–Crippen LogP) is 1.88. The molecule has 0 unspecified atom stereocenters. The molecular formula is C31H32Cl2Zr. The summed E-state index contributed by atoms with van der Waals surface area (Å²) < 4.78 is 5.19. The van der Waals surface area contributed by atoms with Crippen molar-refractivity contribution < 1.29 is 46.1 Å². The summed E-state index contributed by atoms with van der Waals surface area (Å²) in [4.78, 5) is 0. The molecule has 0 fully saturated rings. The van der Waals surface area contributed by atoms with Crippen LogP contribution in [0.4, 0.5) is 0 Å². The third-order valence-corrected chi connectivity index (χ3v) is 16.3. The molecule has 4 aliphatic carbocycles. The molecule has 34 heavy (non-hydrogen) atoms. The first kappa shape index (κ1) is 25.8. The molecule has 6 rings (SSSR count). The van der Waals surface area contributed by atoms with E-state index in [1.807, 2.05) is 0 Å². The molecular weight excluding hydrogens is 534 g/mol. The topological polar surface area (TPSA) is 0 Å². The van der Waals surface area contributed by atoms with Crippen LogP contribution in [-0.4, -0.2) is 3.21 Å². The van der Waals surface area contributed by atoms with Crippen LogP contribution in [0.3, 0.4) is 0 Å². The Labute approximate surface area is 224 Å². The number of rotatable bonds is 2. The Kier molecular flexibility index (Phi) is 6.60. The predicted molar refractivity (Wildman–Crippen MR) is 136 cm³/mol. The number of halogens is 2. The van der Waals surface area contributed by atoms with Crippen molar-refractivity contribution in [3.05, 3.63) is 88.5 Å². The van der Waals surface area contributed by atoms with Gasteiger partial charge in [-0.2, -0.15) is 0 Å². The molecule has 0 nitrogen and oxygen atoms in total. The Balaban J connectivity index is 0.00000137. The molecule has 0 atom stereocenters. The maximum absolute atomic E-state index is 2.60. The second kappa shape index (κ2) is 8.69. The van der Waals surface area contributed by atoms with Crippen molar-refractivity contribution in [2.45, 2.75) is 65.2 Å². The van der Waals surface area contributed by atoms with Crippen LogP contribution < -0.4 is 24.8 Å². The molecule has 0 aromatic heterocycles. The van der Waals surface area contributed by atoms with Gasteiger partial charge in [0.2, 0.25) is 0 Å². The van der Waals surface area contributed by atoms with Gasteiger partial charge in [-0.05, 0) is 0 Å². The molecule has 0 aliphatic heterocycles. The van der Waals surface area contributed by atoms with E-state index < -0.39 is 21.3 Å². The minimum atomic E-state index is -1.98. The zero-order valence-corrected chi connectivity index (χ0v) is 24.9. The first-order valence-corrected chi connectivity index (χ1v) is 15.7. The number of hydrogen-bond donors (Lipinski definition) is 0. The normalized spacial score (nSPS) is 18.5. The monoisotopic (exact) mass is 564 g/mol. The minimum absolute atomic E-state index is 0. The molecule has 2 aromatic rings. The molecule has 0 amide bonds. The number of benzene rings is 2. The first-order valence-electron chi connectivity index (χ1n) is 12.0. The smallest absolute Gasteiger partial charge is 1.00 e. The molecule has 0 saturated carbocycles. The summed E-state index contributed by atoms with van der Waals surface area (Å²) in [5.74, 6) is 0. The van der Waals surface area contributed by atoms with Crippen LogP contribution in [0.15, 0.2) is 55.1 Å². The van der Waals surface area contributed by atoms with Gasteiger partial charge in [0.1, 0.15) is 0 Å². The van der Waals surface area contributed by atoms with E-state index in [9.17, 15) is 0 Å². The zero-order chi connectivity index (χ0) is 22.4. The van der Waals surface area contributed by atoms with E-state index in [-0.39, 0.29) is 35.6 Å². The van der Waals surface area contributed by atoms with Gasteiger partial charge in [0.05, 0.1) is 0 Å². The third kappa shape index (κ3) is 3.70. The van der Waals surface area contributed by atoms with Crippen molar-refractivity contribution >= 4 is 15.4 Å². The quantitative estimate of drug-likeness (QED) is 0.445. The van der Waals surface area contributed by atoms with Gasteiger partial charge < -0.3 is 24.8 Å². The van der Waals surface area contributed by atoms with Gasteiger partial charge in [-0.1, -0.05) is 0 Å². The Morgan fingerprint density at radius 1 is 0.853 bits per heavy atom. The Morgan fingerprint density at radius 2 is 1.50 bits per heavy atom. The van der Waals surface area contributed by atoms with Gasteiger partial charge in [-0.15, -0.1) is 0 Å². The van der Waals surface area contributed by atoms with Crippen molar-refractivity contribution in [3.63, 3.8) is 0 Å². The Hall–Kier alpha value is -1.27. The van der Waals surface area contributed by atoms with E-state index in [0.29, 0.717) is 0 Å². The van der Waals surface area contributed by atoms with E-state index in [4.69, 9.17) is 0 Å². The van der Waals surface area contributed by atoms with Crippen LogP contribution in [0.5, 0.6) is 0 Å². The molecule has 174 valence electrons. The van der Waals surface area contributed by atoms with E-state index in [0.717, 1.165) is 6.42 Å². The molecule has 3 heteroatoms. The van der Waals surface area contributed by atoms with Gasteiger partial charge >= 0.3 is 201 Å². The first-order chi connectivity index (χ1) is 15.2. The van der Waals surface area contributed by atoms with Crippen molar-refractivity contribution in [1.29, 1.82) is 0 Å². The minimum Gasteiger partial charge on any atom is -1.00 e. The standard InChI is InChI=1S/C23H21.C5H5.C3H6.2ClH.Zr/c1-22(2)7-5-14-10-18-16(12-20(14)22)9-17-13-21-15(11-19(17)18)6-8-23(21,3)4;1-2-4-5-3-1;1-3-2;;;/h5-7,10-13H,9H2,1-4H3;1-3H,4H2;1-2H3;2*1H;/q;;;;;+2/p-2. The molecule has 0 spiro atoms. The maximum Gasteiger partial charge on any atom is -1.00 e. The van der Waals surface area contributed by atoms with Crippen molar-refractivity contribution in [2.75, 3.05) is 0 Å². The van der Waals surface area contributed by atoms with Crippen molar-refractivity contribution in [3.8, 4) is 11.1 Å². The Morgan fingerprint density at radius 3 is 2.12 bits per heavy atom. The number of allylic oxidation sites excluding steroid dienone is 6. The van der Waals surface area contributed by atoms with Crippen molar-refractivity contribution in [2.24, 2.45) is 0 Å². The largest absolute Gasteiger partial charge is 1.00 e. The second-order valence-electron chi connectivity index (χ2n) is 11.3. The average molecular weight is 567 g/mol. The van der Waals surface area contributed by atoms with E-state index >= 15 is 0 Å². The average Bonchev–Trinajstić information content (AvgIpc) is 3.47. The number of fused-ring (bicyclic) bond motifs is 5. The van der Waals surface area contributed by atoms with Crippen LogP contribution in [0.25, 0.3) is 23.3 Å². The summed E-state index contributed by atoms with van der Waals surface area (Å²) in [6.07, 6.45) is 16.6. The van der Waals surface area contributed by atoms with Crippen molar-refractivity contribution in [1.82, 2.24) is 0 Å². The summed E-state index contributed by atoms with van der Waals surface area (Å²) in [7, 11) is 0. The molecule has 4 aliphatic rings. The van der Waals surface area contributed by atoms with Crippen LogP contribution >= 0.6 is 0 Å². The summed E-state index contributed by atoms with van der Waals surface area (Å²) >= 11 is -1.98. The maximum atomic E-state index is 2.60. The summed E-state index contributed by atoms with van der Waals surface area (Å²) in [5, 5.41) is 0. The summed E-state index contributed by atoms with van der Waals surface area (Å²) in [5.41, 5.74) is 12.2. The van der Waals surface area contributed by atoms with E-state index in [1.165, 1.54) is 45.4 Å². The fraction of sp³-hybridized carbons (Fsp3) is 0.323.